The highest BCUT2D eigenvalue weighted by molar-refractivity contribution is 8.26. The van der Waals surface area contributed by atoms with E-state index in [0.717, 1.165) is 27.8 Å². The van der Waals surface area contributed by atoms with Gasteiger partial charge in [-0.2, -0.15) is 0 Å². The average molecular weight is 439 g/mol. The summed E-state index contributed by atoms with van der Waals surface area (Å²) in [5.41, 5.74) is 2.25. The summed E-state index contributed by atoms with van der Waals surface area (Å²) in [6.45, 7) is 1.89. The van der Waals surface area contributed by atoms with Gasteiger partial charge in [0.25, 0.3) is 11.8 Å². The summed E-state index contributed by atoms with van der Waals surface area (Å²) in [4.78, 5) is 41.5. The first-order valence-corrected chi connectivity index (χ1v) is 10.5. The van der Waals surface area contributed by atoms with Crippen LogP contribution < -0.4 is 9.64 Å². The van der Waals surface area contributed by atoms with Crippen molar-refractivity contribution in [1.29, 1.82) is 0 Å². The third kappa shape index (κ3) is 3.64. The van der Waals surface area contributed by atoms with Gasteiger partial charge in [-0.3, -0.25) is 19.3 Å². The van der Waals surface area contributed by atoms with Crippen LogP contribution in [0.5, 0.6) is 5.75 Å². The predicted molar refractivity (Wildman–Crippen MR) is 120 cm³/mol. The molecule has 2 aliphatic rings. The third-order valence-electron chi connectivity index (χ3n) is 4.93. The molecule has 2 heterocycles. The Hall–Kier alpha value is -2.97. The topological polar surface area (TPSA) is 66.9 Å². The van der Waals surface area contributed by atoms with Crippen LogP contribution in [0.4, 0.5) is 5.69 Å². The van der Waals surface area contributed by atoms with Crippen LogP contribution in [-0.2, 0) is 14.4 Å². The molecule has 0 saturated carbocycles. The van der Waals surface area contributed by atoms with Crippen molar-refractivity contribution in [2.75, 3.05) is 12.0 Å². The number of thioether (sulfide) groups is 1. The zero-order chi connectivity index (χ0) is 21.4. The quantitative estimate of drug-likeness (QED) is 0.413. The van der Waals surface area contributed by atoms with Gasteiger partial charge >= 0.3 is 0 Å². The minimum Gasteiger partial charge on any atom is -0.497 e. The number of methoxy groups -OCH3 is 1. The molecule has 2 aromatic rings. The van der Waals surface area contributed by atoms with Crippen LogP contribution in [0.25, 0.3) is 6.08 Å². The van der Waals surface area contributed by atoms with E-state index in [9.17, 15) is 14.4 Å². The highest BCUT2D eigenvalue weighted by Gasteiger charge is 2.48. The number of nitrogens with zero attached hydrogens (tertiary/aromatic N) is 2. The van der Waals surface area contributed by atoms with Crippen molar-refractivity contribution in [1.82, 2.24) is 4.90 Å². The average Bonchev–Trinajstić information content (AvgIpc) is 3.16. The molecule has 0 aliphatic carbocycles. The SMILES string of the molecule is COc1ccc(/C=C2\SC(=S)N(C3CC(=O)N(c4cccc(C)c4)C3=O)C2=O)cc1. The van der Waals surface area contributed by atoms with Crippen LogP contribution in [0, 0.1) is 6.92 Å². The highest BCUT2D eigenvalue weighted by Crippen LogP contribution is 2.37. The van der Waals surface area contributed by atoms with E-state index < -0.39 is 11.9 Å². The number of imide groups is 1. The molecule has 0 N–H and O–H groups in total. The van der Waals surface area contributed by atoms with Gasteiger partial charge in [0.15, 0.2) is 0 Å². The highest BCUT2D eigenvalue weighted by atomic mass is 32.2. The zero-order valence-corrected chi connectivity index (χ0v) is 18.0. The van der Waals surface area contributed by atoms with Gasteiger partial charge in [-0.15, -0.1) is 0 Å². The van der Waals surface area contributed by atoms with Crippen LogP contribution in [0.1, 0.15) is 17.5 Å². The lowest BCUT2D eigenvalue weighted by Crippen LogP contribution is -2.44. The maximum Gasteiger partial charge on any atom is 0.266 e. The Morgan fingerprint density at radius 3 is 2.53 bits per heavy atom. The Bertz CT molecular complexity index is 1090. The number of benzene rings is 2. The fourth-order valence-corrected chi connectivity index (χ4v) is 4.81. The first kappa shape index (κ1) is 20.3. The lowest BCUT2D eigenvalue weighted by atomic mass is 10.2. The maximum absolute atomic E-state index is 13.1. The molecule has 0 spiro atoms. The summed E-state index contributed by atoms with van der Waals surface area (Å²) in [6.07, 6.45) is 1.63. The van der Waals surface area contributed by atoms with Gasteiger partial charge in [0.2, 0.25) is 5.91 Å². The number of rotatable bonds is 4. The molecule has 2 aliphatic heterocycles. The van der Waals surface area contributed by atoms with Crippen LogP contribution in [0.2, 0.25) is 0 Å². The van der Waals surface area contributed by atoms with Crippen LogP contribution >= 0.6 is 24.0 Å². The second-order valence-corrected chi connectivity index (χ2v) is 8.63. The van der Waals surface area contributed by atoms with Crippen molar-refractivity contribution in [3.63, 3.8) is 0 Å². The second-order valence-electron chi connectivity index (χ2n) is 6.95. The van der Waals surface area contributed by atoms with E-state index >= 15 is 0 Å². The van der Waals surface area contributed by atoms with Crippen molar-refractivity contribution in [2.45, 2.75) is 19.4 Å². The number of carbonyl (C=O) groups excluding carboxylic acids is 3. The van der Waals surface area contributed by atoms with Crippen molar-refractivity contribution in [3.05, 3.63) is 64.6 Å². The summed E-state index contributed by atoms with van der Waals surface area (Å²) in [5.74, 6) is -0.430. The summed E-state index contributed by atoms with van der Waals surface area (Å²) < 4.78 is 5.42. The summed E-state index contributed by atoms with van der Waals surface area (Å²) in [6, 6.07) is 13.5. The molecular formula is C22H18N2O4S2. The smallest absolute Gasteiger partial charge is 0.266 e. The van der Waals surface area contributed by atoms with Crippen LogP contribution in [0.15, 0.2) is 53.4 Å². The first-order chi connectivity index (χ1) is 14.4. The molecule has 0 bridgehead atoms. The molecule has 0 aromatic heterocycles. The Labute approximate surface area is 183 Å². The van der Waals surface area contributed by atoms with Gasteiger partial charge in [-0.25, -0.2) is 4.90 Å². The monoisotopic (exact) mass is 438 g/mol. The molecule has 2 aromatic carbocycles. The Balaban J connectivity index is 1.59. The molecule has 1 unspecified atom stereocenters. The van der Waals surface area contributed by atoms with Gasteiger partial charge in [-0.05, 0) is 48.4 Å². The predicted octanol–water partition coefficient (Wildman–Crippen LogP) is 3.54. The molecule has 2 saturated heterocycles. The fourth-order valence-electron chi connectivity index (χ4n) is 3.46. The fraction of sp³-hybridized carbons (Fsp3) is 0.182. The largest absolute Gasteiger partial charge is 0.497 e. The molecule has 0 radical (unpaired) electrons. The van der Waals surface area contributed by atoms with Crippen LogP contribution in [-0.4, -0.2) is 40.1 Å². The molecule has 6 nitrogen and oxygen atoms in total. The van der Waals surface area contributed by atoms with Crippen LogP contribution in [0.3, 0.4) is 0 Å². The van der Waals surface area contributed by atoms with Crippen molar-refractivity contribution in [2.24, 2.45) is 0 Å². The van der Waals surface area contributed by atoms with E-state index in [-0.39, 0.29) is 22.6 Å². The van der Waals surface area contributed by atoms with E-state index in [1.54, 1.807) is 43.5 Å². The Kier molecular flexibility index (Phi) is 5.44. The van der Waals surface area contributed by atoms with E-state index in [1.165, 1.54) is 4.90 Å². The summed E-state index contributed by atoms with van der Waals surface area (Å²) in [7, 11) is 1.58. The van der Waals surface area contributed by atoms with E-state index in [4.69, 9.17) is 17.0 Å². The molecule has 2 fully saturated rings. The summed E-state index contributed by atoms with van der Waals surface area (Å²) in [5, 5.41) is 0. The summed E-state index contributed by atoms with van der Waals surface area (Å²) >= 11 is 6.51. The number of hydrogen-bond donors (Lipinski definition) is 0. The molecule has 4 rings (SSSR count). The molecule has 8 heteroatoms. The molecule has 30 heavy (non-hydrogen) atoms. The number of hydrogen-bond acceptors (Lipinski definition) is 6. The lowest BCUT2D eigenvalue weighted by Gasteiger charge is -2.21. The minimum atomic E-state index is -0.924. The number of ether oxygens (including phenoxy) is 1. The minimum absolute atomic E-state index is 0.0883. The Morgan fingerprint density at radius 1 is 1.13 bits per heavy atom. The van der Waals surface area contributed by atoms with Gasteiger partial charge in [0.05, 0.1) is 24.1 Å². The number of aryl methyl sites for hydroxylation is 1. The Morgan fingerprint density at radius 2 is 1.87 bits per heavy atom. The third-order valence-corrected chi connectivity index (χ3v) is 6.26. The maximum atomic E-state index is 13.1. The number of amides is 3. The normalized spacial score (nSPS) is 20.6. The van der Waals surface area contributed by atoms with Gasteiger partial charge in [-0.1, -0.05) is 48.2 Å². The van der Waals surface area contributed by atoms with Crippen molar-refractivity contribution < 1.29 is 19.1 Å². The number of carbonyl (C=O) groups is 3. The zero-order valence-electron chi connectivity index (χ0n) is 16.3. The number of anilines is 1. The van der Waals surface area contributed by atoms with E-state index in [1.807, 2.05) is 25.1 Å². The molecule has 152 valence electrons. The van der Waals surface area contributed by atoms with Crippen molar-refractivity contribution in [3.8, 4) is 5.75 Å². The van der Waals surface area contributed by atoms with Crippen molar-refractivity contribution >= 4 is 57.8 Å². The molecular weight excluding hydrogens is 420 g/mol. The van der Waals surface area contributed by atoms with Gasteiger partial charge in [0, 0.05) is 0 Å². The van der Waals surface area contributed by atoms with E-state index in [2.05, 4.69) is 0 Å². The second kappa shape index (κ2) is 8.04. The molecule has 3 amide bonds. The lowest BCUT2D eigenvalue weighted by molar-refractivity contribution is -0.129. The standard InChI is InChI=1S/C22H18N2O4S2/c1-13-4-3-5-15(10-13)23-19(25)12-17(20(23)26)24-21(27)18(30-22(24)29)11-14-6-8-16(28-2)9-7-14/h3-11,17H,12H2,1-2H3/b18-11-. The van der Waals surface area contributed by atoms with Gasteiger partial charge < -0.3 is 4.74 Å². The molecule has 1 atom stereocenters. The number of thiocarbonyl (C=S) groups is 1. The first-order valence-electron chi connectivity index (χ1n) is 9.23. The van der Waals surface area contributed by atoms with Gasteiger partial charge in [0.1, 0.15) is 16.1 Å². The van der Waals surface area contributed by atoms with E-state index in [0.29, 0.717) is 16.3 Å².